The lowest BCUT2D eigenvalue weighted by atomic mass is 10.0. The van der Waals surface area contributed by atoms with Gasteiger partial charge >= 0.3 is 5.97 Å². The summed E-state index contributed by atoms with van der Waals surface area (Å²) in [6.07, 6.45) is 0.559. The summed E-state index contributed by atoms with van der Waals surface area (Å²) in [6, 6.07) is 21.2. The monoisotopic (exact) mass is 569 g/mol. The van der Waals surface area contributed by atoms with Gasteiger partial charge in [0.25, 0.3) is 11.8 Å². The first-order valence-corrected chi connectivity index (χ1v) is 13.8. The molecule has 9 heteroatoms. The summed E-state index contributed by atoms with van der Waals surface area (Å²) in [4.78, 5) is 39.2. The number of benzene rings is 3. The van der Waals surface area contributed by atoms with Gasteiger partial charge in [0.1, 0.15) is 17.6 Å². The number of rotatable bonds is 9. The number of aliphatic carboxylic acids is 1. The smallest absolute Gasteiger partial charge is 0.326 e. The largest absolute Gasteiger partial charge is 0.480 e. The zero-order valence-corrected chi connectivity index (χ0v) is 23.4. The molecule has 8 nitrogen and oxygen atoms in total. The number of hydrogen-bond acceptors (Lipinski definition) is 5. The molecule has 0 radical (unpaired) electrons. The number of amides is 2. The van der Waals surface area contributed by atoms with Gasteiger partial charge < -0.3 is 25.1 Å². The minimum absolute atomic E-state index is 0.0172. The van der Waals surface area contributed by atoms with E-state index in [-0.39, 0.29) is 24.1 Å². The maximum Gasteiger partial charge on any atom is 0.326 e. The van der Waals surface area contributed by atoms with Crippen molar-refractivity contribution in [1.82, 2.24) is 10.6 Å². The van der Waals surface area contributed by atoms with Crippen molar-refractivity contribution in [2.75, 3.05) is 18.0 Å². The van der Waals surface area contributed by atoms with Crippen LogP contribution in [0.5, 0.6) is 0 Å². The molecule has 1 fully saturated rings. The summed E-state index contributed by atoms with van der Waals surface area (Å²) in [5.41, 5.74) is 4.33. The molecular formula is C33H32FN3O5. The number of carbonyl (C=O) groups excluding carboxylic acids is 2. The lowest BCUT2D eigenvalue weighted by Gasteiger charge is -2.21. The van der Waals surface area contributed by atoms with E-state index in [2.05, 4.69) is 10.6 Å². The summed E-state index contributed by atoms with van der Waals surface area (Å²) in [6.45, 7) is 4.94. The van der Waals surface area contributed by atoms with Gasteiger partial charge in [-0.2, -0.15) is 0 Å². The van der Waals surface area contributed by atoms with Crippen LogP contribution in [0.1, 0.15) is 44.0 Å². The summed E-state index contributed by atoms with van der Waals surface area (Å²) in [5.74, 6) is -2.11. The number of hydrogen-bond donors (Lipinski definition) is 3. The normalized spacial score (nSPS) is 15.3. The molecule has 216 valence electrons. The first-order chi connectivity index (χ1) is 20.2. The highest BCUT2D eigenvalue weighted by Gasteiger charge is 2.27. The van der Waals surface area contributed by atoms with Gasteiger partial charge in [-0.1, -0.05) is 53.6 Å². The molecule has 1 saturated heterocycles. The van der Waals surface area contributed by atoms with E-state index in [1.54, 1.807) is 30.3 Å². The second-order valence-electron chi connectivity index (χ2n) is 10.7. The lowest BCUT2D eigenvalue weighted by molar-refractivity contribution is -0.139. The van der Waals surface area contributed by atoms with Gasteiger partial charge in [0, 0.05) is 36.7 Å². The minimum Gasteiger partial charge on any atom is -0.480 e. The maximum atomic E-state index is 15.2. The van der Waals surface area contributed by atoms with Crippen LogP contribution in [0.4, 0.5) is 10.1 Å². The number of carboxylic acid groups (broad SMARTS) is 1. The number of anilines is 1. The lowest BCUT2D eigenvalue weighted by Crippen LogP contribution is -2.42. The molecule has 0 aliphatic carbocycles. The molecule has 2 heterocycles. The van der Waals surface area contributed by atoms with E-state index < -0.39 is 23.7 Å². The molecule has 1 aromatic heterocycles. The van der Waals surface area contributed by atoms with Crippen LogP contribution >= 0.6 is 0 Å². The highest BCUT2D eigenvalue weighted by molar-refractivity contribution is 5.95. The predicted molar refractivity (Wildman–Crippen MR) is 157 cm³/mol. The molecule has 0 saturated carbocycles. The second-order valence-corrected chi connectivity index (χ2v) is 10.7. The predicted octanol–water partition coefficient (Wildman–Crippen LogP) is 5.14. The Morgan fingerprint density at radius 2 is 1.64 bits per heavy atom. The molecule has 1 aliphatic heterocycles. The van der Waals surface area contributed by atoms with E-state index in [1.165, 1.54) is 12.1 Å². The number of furan rings is 1. The van der Waals surface area contributed by atoms with Gasteiger partial charge in [0.2, 0.25) is 0 Å². The van der Waals surface area contributed by atoms with E-state index >= 15 is 4.39 Å². The van der Waals surface area contributed by atoms with Crippen molar-refractivity contribution in [1.29, 1.82) is 0 Å². The van der Waals surface area contributed by atoms with Crippen molar-refractivity contribution in [3.63, 3.8) is 0 Å². The van der Waals surface area contributed by atoms with Gasteiger partial charge in [-0.05, 0) is 62.2 Å². The highest BCUT2D eigenvalue weighted by Crippen LogP contribution is 2.26. The maximum absolute atomic E-state index is 15.2. The van der Waals surface area contributed by atoms with Crippen LogP contribution in [-0.4, -0.2) is 48.1 Å². The van der Waals surface area contributed by atoms with Crippen molar-refractivity contribution in [2.45, 2.75) is 38.8 Å². The SMILES string of the molecule is Cc1ccc(C(=O)NC2CCN(c3ccc(CC(NC(=O)c4ccc(-c5ccc(C)cc5)o4)C(=O)O)cc3F)C2)cc1. The molecule has 2 amide bonds. The third kappa shape index (κ3) is 6.68. The molecule has 42 heavy (non-hydrogen) atoms. The molecule has 3 aromatic carbocycles. The molecule has 4 aromatic rings. The minimum atomic E-state index is -1.29. The summed E-state index contributed by atoms with van der Waals surface area (Å²) < 4.78 is 20.8. The van der Waals surface area contributed by atoms with Gasteiger partial charge in [0.15, 0.2) is 5.76 Å². The fraction of sp³-hybridized carbons (Fsp3) is 0.242. The fourth-order valence-electron chi connectivity index (χ4n) is 5.00. The Labute approximate surface area is 243 Å². The standard InChI is InChI=1S/C33H32FN3O5/c1-20-3-8-23(9-4-20)29-13-14-30(42-29)32(39)36-27(33(40)41)18-22-7-12-28(26(34)17-22)37-16-15-25(19-37)35-31(38)24-10-5-21(2)6-11-24/h3-14,17,25,27H,15-16,18-19H2,1-2H3,(H,35,38)(H,36,39)(H,40,41). The number of carbonyl (C=O) groups is 3. The Morgan fingerprint density at radius 1 is 0.952 bits per heavy atom. The summed E-state index contributed by atoms with van der Waals surface area (Å²) in [5, 5.41) is 15.2. The van der Waals surface area contributed by atoms with E-state index in [0.29, 0.717) is 42.1 Å². The third-order valence-corrected chi connectivity index (χ3v) is 7.40. The zero-order valence-electron chi connectivity index (χ0n) is 23.4. The van der Waals surface area contributed by atoms with Gasteiger partial charge in [-0.25, -0.2) is 9.18 Å². The molecule has 1 aliphatic rings. The number of nitrogens with zero attached hydrogens (tertiary/aromatic N) is 1. The first kappa shape index (κ1) is 28.6. The molecule has 3 N–H and O–H groups in total. The number of halogens is 1. The van der Waals surface area contributed by atoms with Gasteiger partial charge in [-0.3, -0.25) is 9.59 Å². The van der Waals surface area contributed by atoms with Crippen LogP contribution in [0, 0.1) is 19.7 Å². The van der Waals surface area contributed by atoms with Crippen LogP contribution in [0.15, 0.2) is 83.3 Å². The topological polar surface area (TPSA) is 112 Å². The van der Waals surface area contributed by atoms with Crippen LogP contribution in [-0.2, 0) is 11.2 Å². The molecule has 0 bridgehead atoms. The van der Waals surface area contributed by atoms with Crippen molar-refractivity contribution < 1.29 is 28.3 Å². The molecule has 2 atom stereocenters. The quantitative estimate of drug-likeness (QED) is 0.258. The highest BCUT2D eigenvalue weighted by atomic mass is 19.1. The fourth-order valence-corrected chi connectivity index (χ4v) is 5.00. The van der Waals surface area contributed by atoms with Crippen molar-refractivity contribution >= 4 is 23.5 Å². The van der Waals surface area contributed by atoms with Crippen molar-refractivity contribution in [2.24, 2.45) is 0 Å². The average Bonchev–Trinajstić information content (AvgIpc) is 3.64. The Hall–Kier alpha value is -4.92. The van der Waals surface area contributed by atoms with E-state index in [0.717, 1.165) is 16.7 Å². The van der Waals surface area contributed by atoms with Gasteiger partial charge in [0.05, 0.1) is 5.69 Å². The van der Waals surface area contributed by atoms with Gasteiger partial charge in [-0.15, -0.1) is 0 Å². The first-order valence-electron chi connectivity index (χ1n) is 13.8. The number of carboxylic acids is 1. The average molecular weight is 570 g/mol. The Morgan fingerprint density at radius 3 is 2.31 bits per heavy atom. The molecule has 5 rings (SSSR count). The number of nitrogens with one attached hydrogen (secondary N) is 2. The molecule has 0 spiro atoms. The van der Waals surface area contributed by atoms with Crippen LogP contribution in [0.25, 0.3) is 11.3 Å². The second kappa shape index (κ2) is 12.3. The molecular weight excluding hydrogens is 537 g/mol. The van der Waals surface area contributed by atoms with Crippen LogP contribution in [0.2, 0.25) is 0 Å². The van der Waals surface area contributed by atoms with E-state index in [4.69, 9.17) is 4.42 Å². The van der Waals surface area contributed by atoms with E-state index in [1.807, 2.05) is 55.1 Å². The Balaban J connectivity index is 1.19. The Kier molecular flexibility index (Phi) is 8.38. The van der Waals surface area contributed by atoms with E-state index in [9.17, 15) is 19.5 Å². The summed E-state index contributed by atoms with van der Waals surface area (Å²) >= 11 is 0. The molecule has 2 unspecified atom stereocenters. The Bertz CT molecular complexity index is 1600. The van der Waals surface area contributed by atoms with Crippen LogP contribution < -0.4 is 15.5 Å². The third-order valence-electron chi connectivity index (χ3n) is 7.40. The van der Waals surface area contributed by atoms with Crippen molar-refractivity contribution in [3.8, 4) is 11.3 Å². The number of aryl methyl sites for hydroxylation is 2. The van der Waals surface area contributed by atoms with Crippen LogP contribution in [0.3, 0.4) is 0 Å². The summed E-state index contributed by atoms with van der Waals surface area (Å²) in [7, 11) is 0. The zero-order chi connectivity index (χ0) is 29.8. The van der Waals surface area contributed by atoms with Crippen molar-refractivity contribution in [3.05, 3.63) is 113 Å².